The van der Waals surface area contributed by atoms with Crippen molar-refractivity contribution in [2.24, 2.45) is 11.3 Å². The highest BCUT2D eigenvalue weighted by atomic mass is 19.1. The first-order valence-corrected chi connectivity index (χ1v) is 11.6. The van der Waals surface area contributed by atoms with E-state index in [9.17, 15) is 14.0 Å². The first-order chi connectivity index (χ1) is 15.5. The molecule has 2 fully saturated rings. The Bertz CT molecular complexity index is 1040. The summed E-state index contributed by atoms with van der Waals surface area (Å²) in [6.45, 7) is 0.921. The monoisotopic (exact) mass is 435 g/mol. The minimum absolute atomic E-state index is 0.168. The molecule has 1 heterocycles. The van der Waals surface area contributed by atoms with E-state index in [-0.39, 0.29) is 23.2 Å². The maximum Gasteiger partial charge on any atom is 0.322 e. The number of rotatable bonds is 3. The number of benzene rings is 2. The Labute approximate surface area is 188 Å². The first kappa shape index (κ1) is 21.0. The van der Waals surface area contributed by atoms with Crippen LogP contribution < -0.4 is 10.6 Å². The highest BCUT2D eigenvalue weighted by Crippen LogP contribution is 2.54. The number of nitrogens with zero attached hydrogens (tertiary/aromatic N) is 1. The summed E-state index contributed by atoms with van der Waals surface area (Å²) in [5.41, 5.74) is 3.75. The number of carbonyl (C=O) groups is 2. The van der Waals surface area contributed by atoms with Crippen LogP contribution in [0.3, 0.4) is 0 Å². The fraction of sp³-hybridized carbons (Fsp3) is 0.462. The lowest BCUT2D eigenvalue weighted by Crippen LogP contribution is -2.46. The normalized spacial score (nSPS) is 26.4. The standard InChI is InChI=1S/C26H30FN3O2/c1-28-24(31)26-11-2-3-18(14-26)23(10-12-26)17-5-8-22(9-6-17)29-25(32)30-15-19-4-7-21(27)13-20(19)16-30/h4-9,13,18,23H,2-3,10-12,14-16H2,1H3,(H,28,31)(H,29,32). The van der Waals surface area contributed by atoms with Gasteiger partial charge in [-0.3, -0.25) is 4.79 Å². The number of nitrogens with one attached hydrogen (secondary N) is 2. The number of fused-ring (bicyclic) bond motifs is 3. The van der Waals surface area contributed by atoms with Gasteiger partial charge in [0, 0.05) is 31.2 Å². The molecule has 0 saturated heterocycles. The van der Waals surface area contributed by atoms with E-state index in [0.717, 1.165) is 48.9 Å². The summed E-state index contributed by atoms with van der Waals surface area (Å²) in [6.07, 6.45) is 6.26. The van der Waals surface area contributed by atoms with Crippen LogP contribution in [0.25, 0.3) is 0 Å². The second-order valence-electron chi connectivity index (χ2n) is 9.68. The molecule has 2 saturated carbocycles. The fourth-order valence-corrected chi connectivity index (χ4v) is 6.19. The molecule has 3 aliphatic rings. The number of halogens is 1. The Morgan fingerprint density at radius 3 is 2.59 bits per heavy atom. The highest BCUT2D eigenvalue weighted by molar-refractivity contribution is 5.89. The zero-order chi connectivity index (χ0) is 22.3. The lowest BCUT2D eigenvalue weighted by atomic mass is 9.57. The summed E-state index contributed by atoms with van der Waals surface area (Å²) in [5.74, 6) is 0.958. The van der Waals surface area contributed by atoms with Crippen LogP contribution in [0.1, 0.15) is 61.1 Å². The van der Waals surface area contributed by atoms with E-state index < -0.39 is 0 Å². The van der Waals surface area contributed by atoms with Gasteiger partial charge in [-0.15, -0.1) is 0 Å². The molecule has 0 radical (unpaired) electrons. The zero-order valence-electron chi connectivity index (χ0n) is 18.5. The number of hydrogen-bond donors (Lipinski definition) is 2. The number of amides is 3. The molecule has 2 aromatic carbocycles. The van der Waals surface area contributed by atoms with E-state index >= 15 is 0 Å². The van der Waals surface area contributed by atoms with Gasteiger partial charge in [0.25, 0.3) is 0 Å². The Hall–Kier alpha value is -2.89. The number of hydrogen-bond acceptors (Lipinski definition) is 2. The average Bonchev–Trinajstić information content (AvgIpc) is 3.23. The van der Waals surface area contributed by atoms with Gasteiger partial charge in [-0.05, 0) is 84.9 Å². The molecule has 0 spiro atoms. The molecule has 3 unspecified atom stereocenters. The molecule has 5 nitrogen and oxygen atoms in total. The summed E-state index contributed by atoms with van der Waals surface area (Å²) in [6, 6.07) is 12.7. The minimum Gasteiger partial charge on any atom is -0.359 e. The van der Waals surface area contributed by atoms with E-state index in [2.05, 4.69) is 22.8 Å². The van der Waals surface area contributed by atoms with Crippen molar-refractivity contribution in [1.82, 2.24) is 10.2 Å². The second kappa shape index (κ2) is 8.23. The molecule has 2 N–H and O–H groups in total. The maximum atomic E-state index is 13.4. The van der Waals surface area contributed by atoms with Gasteiger partial charge in [-0.1, -0.05) is 24.6 Å². The lowest BCUT2D eigenvalue weighted by molar-refractivity contribution is -0.136. The van der Waals surface area contributed by atoms with Gasteiger partial charge in [0.05, 0.1) is 0 Å². The number of carbonyl (C=O) groups excluding carboxylic acids is 2. The van der Waals surface area contributed by atoms with Gasteiger partial charge in [0.1, 0.15) is 5.82 Å². The van der Waals surface area contributed by atoms with Crippen molar-refractivity contribution in [2.45, 2.75) is 57.5 Å². The van der Waals surface area contributed by atoms with Crippen LogP contribution in [-0.4, -0.2) is 23.9 Å². The topological polar surface area (TPSA) is 61.4 Å². The van der Waals surface area contributed by atoms with Crippen molar-refractivity contribution in [3.8, 4) is 0 Å². The first-order valence-electron chi connectivity index (χ1n) is 11.6. The maximum absolute atomic E-state index is 13.4. The fourth-order valence-electron chi connectivity index (χ4n) is 6.19. The summed E-state index contributed by atoms with van der Waals surface area (Å²) in [7, 11) is 1.75. The molecule has 2 aromatic rings. The van der Waals surface area contributed by atoms with Crippen LogP contribution in [0.15, 0.2) is 42.5 Å². The van der Waals surface area contributed by atoms with E-state index in [4.69, 9.17) is 0 Å². The van der Waals surface area contributed by atoms with E-state index in [1.165, 1.54) is 24.1 Å². The van der Waals surface area contributed by atoms with Crippen LogP contribution in [0.5, 0.6) is 0 Å². The van der Waals surface area contributed by atoms with Crippen LogP contribution in [0, 0.1) is 17.2 Å². The molecule has 1 aliphatic heterocycles. The van der Waals surface area contributed by atoms with Crippen molar-refractivity contribution in [2.75, 3.05) is 12.4 Å². The third-order valence-electron chi connectivity index (χ3n) is 7.86. The summed E-state index contributed by atoms with van der Waals surface area (Å²) in [5, 5.41) is 5.87. The van der Waals surface area contributed by atoms with Crippen LogP contribution in [-0.2, 0) is 17.9 Å². The predicted octanol–water partition coefficient (Wildman–Crippen LogP) is 5.17. The van der Waals surface area contributed by atoms with Crippen molar-refractivity contribution in [3.05, 3.63) is 65.0 Å². The largest absolute Gasteiger partial charge is 0.359 e. The number of anilines is 1. The van der Waals surface area contributed by atoms with E-state index in [1.807, 2.05) is 12.1 Å². The quantitative estimate of drug-likeness (QED) is 0.698. The molecular formula is C26H30FN3O2. The zero-order valence-corrected chi connectivity index (χ0v) is 18.5. The molecule has 6 heteroatoms. The Morgan fingerprint density at radius 2 is 1.81 bits per heavy atom. The Kier molecular flexibility index (Phi) is 5.39. The average molecular weight is 436 g/mol. The summed E-state index contributed by atoms with van der Waals surface area (Å²) >= 11 is 0. The van der Waals surface area contributed by atoms with Crippen LogP contribution >= 0.6 is 0 Å². The van der Waals surface area contributed by atoms with Crippen molar-refractivity contribution in [3.63, 3.8) is 0 Å². The SMILES string of the molecule is CNC(=O)C12CCCC(C1)C(c1ccc(NC(=O)N3Cc4ccc(F)cc4C3)cc1)CC2. The second-order valence-corrected chi connectivity index (χ2v) is 9.68. The molecule has 2 aliphatic carbocycles. The van der Waals surface area contributed by atoms with Gasteiger partial charge in [0.2, 0.25) is 5.91 Å². The van der Waals surface area contributed by atoms with Gasteiger partial charge < -0.3 is 15.5 Å². The molecule has 0 aromatic heterocycles. The highest BCUT2D eigenvalue weighted by Gasteiger charge is 2.47. The van der Waals surface area contributed by atoms with Crippen LogP contribution in [0.4, 0.5) is 14.9 Å². The molecular weight excluding hydrogens is 405 g/mol. The van der Waals surface area contributed by atoms with Crippen molar-refractivity contribution < 1.29 is 14.0 Å². The smallest absolute Gasteiger partial charge is 0.322 e. The van der Waals surface area contributed by atoms with Crippen molar-refractivity contribution >= 4 is 17.6 Å². The minimum atomic E-state index is -0.269. The molecule has 3 atom stereocenters. The third-order valence-corrected chi connectivity index (χ3v) is 7.86. The van der Waals surface area contributed by atoms with Crippen LogP contribution in [0.2, 0.25) is 0 Å². The van der Waals surface area contributed by atoms with E-state index in [1.54, 1.807) is 18.0 Å². The van der Waals surface area contributed by atoms with Gasteiger partial charge >= 0.3 is 6.03 Å². The molecule has 3 amide bonds. The number of urea groups is 1. The summed E-state index contributed by atoms with van der Waals surface area (Å²) in [4.78, 5) is 26.9. The Morgan fingerprint density at radius 1 is 1.03 bits per heavy atom. The molecule has 168 valence electrons. The molecule has 5 rings (SSSR count). The predicted molar refractivity (Wildman–Crippen MR) is 122 cm³/mol. The summed E-state index contributed by atoms with van der Waals surface area (Å²) < 4.78 is 13.4. The van der Waals surface area contributed by atoms with E-state index in [0.29, 0.717) is 24.9 Å². The van der Waals surface area contributed by atoms with Crippen molar-refractivity contribution in [1.29, 1.82) is 0 Å². The van der Waals surface area contributed by atoms with Gasteiger partial charge in [-0.25, -0.2) is 9.18 Å². The van der Waals surface area contributed by atoms with Gasteiger partial charge in [0.15, 0.2) is 0 Å². The third kappa shape index (κ3) is 3.76. The van der Waals surface area contributed by atoms with Gasteiger partial charge in [-0.2, -0.15) is 0 Å². The molecule has 32 heavy (non-hydrogen) atoms. The Balaban J connectivity index is 1.22. The molecule has 2 bridgehead atoms. The lowest BCUT2D eigenvalue weighted by Gasteiger charge is -2.47.